The van der Waals surface area contributed by atoms with Crippen LogP contribution >= 0.6 is 0 Å². The molecule has 0 bridgehead atoms. The number of carbonyl (C=O) groups excluding carboxylic acids is 1. The summed E-state index contributed by atoms with van der Waals surface area (Å²) in [6.45, 7) is 1.79. The molecule has 3 rings (SSSR count). The number of aromatic nitrogens is 2. The van der Waals surface area contributed by atoms with Crippen molar-refractivity contribution in [3.8, 4) is 16.9 Å². The summed E-state index contributed by atoms with van der Waals surface area (Å²) in [7, 11) is -2.09. The van der Waals surface area contributed by atoms with Crippen LogP contribution in [0.25, 0.3) is 16.9 Å². The van der Waals surface area contributed by atoms with E-state index in [0.717, 1.165) is 11.3 Å². The topological polar surface area (TPSA) is 98.3 Å². The van der Waals surface area contributed by atoms with E-state index in [2.05, 4.69) is 5.10 Å². The van der Waals surface area contributed by atoms with Crippen LogP contribution in [-0.4, -0.2) is 31.2 Å². The van der Waals surface area contributed by atoms with E-state index in [0.29, 0.717) is 17.9 Å². The van der Waals surface area contributed by atoms with Crippen molar-refractivity contribution in [3.05, 3.63) is 60.7 Å². The summed E-state index contributed by atoms with van der Waals surface area (Å²) in [5.74, 6) is 0.458. The zero-order chi connectivity index (χ0) is 19.6. The van der Waals surface area contributed by atoms with E-state index in [1.54, 1.807) is 30.8 Å². The molecular weight excluding hydrogens is 364 g/mol. The van der Waals surface area contributed by atoms with Gasteiger partial charge in [-0.15, -0.1) is 5.10 Å². The van der Waals surface area contributed by atoms with Gasteiger partial charge in [-0.1, -0.05) is 37.3 Å². The molecule has 0 saturated heterocycles. The Bertz CT molecular complexity index is 1060. The minimum atomic E-state index is -3.77. The van der Waals surface area contributed by atoms with E-state index in [1.807, 2.05) is 36.4 Å². The summed E-state index contributed by atoms with van der Waals surface area (Å²) in [6.07, 6.45) is 0.368. The second-order valence-electron chi connectivity index (χ2n) is 6.01. The molecule has 1 aromatic heterocycles. The lowest BCUT2D eigenvalue weighted by Gasteiger charge is -2.12. The van der Waals surface area contributed by atoms with Crippen molar-refractivity contribution < 1.29 is 13.2 Å². The minimum absolute atomic E-state index is 0.0261. The molecule has 1 amide bonds. The Hall–Kier alpha value is -2.97. The van der Waals surface area contributed by atoms with Gasteiger partial charge in [-0.25, -0.2) is 18.2 Å². The summed E-state index contributed by atoms with van der Waals surface area (Å²) in [5.41, 5.74) is 2.36. The van der Waals surface area contributed by atoms with E-state index in [-0.39, 0.29) is 10.8 Å². The molecule has 0 unspecified atom stereocenters. The third kappa shape index (κ3) is 3.91. The molecule has 0 spiro atoms. The smallest absolute Gasteiger partial charge is 0.238 e. The quantitative estimate of drug-likeness (QED) is 0.731. The highest BCUT2D eigenvalue weighted by molar-refractivity contribution is 7.89. The molecule has 0 radical (unpaired) electrons. The summed E-state index contributed by atoms with van der Waals surface area (Å²) in [6, 6.07) is 17.6. The van der Waals surface area contributed by atoms with E-state index in [9.17, 15) is 13.2 Å². The van der Waals surface area contributed by atoms with Crippen molar-refractivity contribution in [3.63, 3.8) is 0 Å². The molecular formula is C19H20N4O3S. The van der Waals surface area contributed by atoms with Crippen LogP contribution in [0, 0.1) is 0 Å². The molecule has 1 heterocycles. The molecule has 8 heteroatoms. The van der Waals surface area contributed by atoms with Crippen molar-refractivity contribution in [2.24, 2.45) is 5.14 Å². The predicted molar refractivity (Wildman–Crippen MR) is 104 cm³/mol. The number of anilines is 1. The number of primary sulfonamides is 1. The number of sulfonamides is 1. The maximum absolute atomic E-state index is 12.1. The Labute approximate surface area is 158 Å². The monoisotopic (exact) mass is 384 g/mol. The van der Waals surface area contributed by atoms with Gasteiger partial charge in [0.1, 0.15) is 0 Å². The van der Waals surface area contributed by atoms with Crippen LogP contribution in [0.3, 0.4) is 0 Å². The lowest BCUT2D eigenvalue weighted by Crippen LogP contribution is -2.25. The molecule has 0 fully saturated rings. The number of nitrogens with two attached hydrogens (primary N) is 1. The van der Waals surface area contributed by atoms with Crippen molar-refractivity contribution in [1.82, 2.24) is 9.78 Å². The SMILES string of the molecule is CCC(=O)N(C)c1cc(-c2ccccc2)n(-c2ccc(S(N)(=O)=O)cc2)n1. The molecule has 0 saturated carbocycles. The van der Waals surface area contributed by atoms with Gasteiger partial charge in [0.15, 0.2) is 5.82 Å². The maximum Gasteiger partial charge on any atom is 0.238 e. The fraction of sp³-hybridized carbons (Fsp3) is 0.158. The summed E-state index contributed by atoms with van der Waals surface area (Å²) >= 11 is 0. The molecule has 2 aromatic carbocycles. The van der Waals surface area contributed by atoms with Gasteiger partial charge in [0.05, 0.1) is 16.3 Å². The Morgan fingerprint density at radius 3 is 2.30 bits per heavy atom. The van der Waals surface area contributed by atoms with Crippen LogP contribution in [0.1, 0.15) is 13.3 Å². The third-order valence-corrected chi connectivity index (χ3v) is 5.13. The second kappa shape index (κ2) is 7.34. The number of hydrogen-bond donors (Lipinski definition) is 1. The van der Waals surface area contributed by atoms with Crippen LogP contribution in [0.2, 0.25) is 0 Å². The molecule has 0 aliphatic carbocycles. The molecule has 7 nitrogen and oxygen atoms in total. The summed E-state index contributed by atoms with van der Waals surface area (Å²) in [4.78, 5) is 13.6. The first kappa shape index (κ1) is 18.8. The van der Waals surface area contributed by atoms with Crippen LogP contribution in [0.4, 0.5) is 5.82 Å². The maximum atomic E-state index is 12.1. The number of amides is 1. The number of benzene rings is 2. The van der Waals surface area contributed by atoms with Gasteiger partial charge < -0.3 is 0 Å². The number of carbonyl (C=O) groups is 1. The van der Waals surface area contributed by atoms with Crippen LogP contribution in [0.15, 0.2) is 65.6 Å². The van der Waals surface area contributed by atoms with Gasteiger partial charge in [-0.05, 0) is 24.3 Å². The van der Waals surface area contributed by atoms with Crippen molar-refractivity contribution in [1.29, 1.82) is 0 Å². The summed E-state index contributed by atoms with van der Waals surface area (Å²) in [5, 5.41) is 9.72. The van der Waals surface area contributed by atoms with Gasteiger partial charge in [0.25, 0.3) is 0 Å². The standard InChI is InChI=1S/C19H20N4O3S/c1-3-19(24)22(2)18-13-17(14-7-5-4-6-8-14)23(21-18)15-9-11-16(12-10-15)27(20,25)26/h4-13H,3H2,1-2H3,(H2,20,25,26). The lowest BCUT2D eigenvalue weighted by molar-refractivity contribution is -0.118. The normalized spacial score (nSPS) is 11.4. The van der Waals surface area contributed by atoms with Crippen LogP contribution < -0.4 is 10.0 Å². The molecule has 27 heavy (non-hydrogen) atoms. The Kier molecular flexibility index (Phi) is 5.11. The number of rotatable bonds is 5. The van der Waals surface area contributed by atoms with Gasteiger partial charge in [0, 0.05) is 25.1 Å². The molecule has 0 aliphatic heterocycles. The van der Waals surface area contributed by atoms with Crippen molar-refractivity contribution >= 4 is 21.7 Å². The van der Waals surface area contributed by atoms with E-state index >= 15 is 0 Å². The molecule has 0 aliphatic rings. The molecule has 2 N–H and O–H groups in total. The van der Waals surface area contributed by atoms with Gasteiger partial charge >= 0.3 is 0 Å². The fourth-order valence-corrected chi connectivity index (χ4v) is 3.20. The van der Waals surface area contributed by atoms with E-state index in [4.69, 9.17) is 5.14 Å². The minimum Gasteiger partial charge on any atom is -0.298 e. The number of nitrogens with zero attached hydrogens (tertiary/aromatic N) is 3. The molecule has 3 aromatic rings. The average molecular weight is 384 g/mol. The number of hydrogen-bond acceptors (Lipinski definition) is 4. The zero-order valence-electron chi connectivity index (χ0n) is 15.0. The van der Waals surface area contributed by atoms with Crippen molar-refractivity contribution in [2.75, 3.05) is 11.9 Å². The predicted octanol–water partition coefficient (Wildman–Crippen LogP) is 2.56. The zero-order valence-corrected chi connectivity index (χ0v) is 15.8. The Morgan fingerprint density at radius 2 is 1.74 bits per heavy atom. The van der Waals surface area contributed by atoms with Gasteiger partial charge in [-0.3, -0.25) is 9.69 Å². The first-order valence-electron chi connectivity index (χ1n) is 8.36. The third-order valence-electron chi connectivity index (χ3n) is 4.20. The van der Waals surface area contributed by atoms with Gasteiger partial charge in [-0.2, -0.15) is 0 Å². The van der Waals surface area contributed by atoms with E-state index in [1.165, 1.54) is 17.0 Å². The first-order valence-corrected chi connectivity index (χ1v) is 9.91. The van der Waals surface area contributed by atoms with E-state index < -0.39 is 10.0 Å². The fourth-order valence-electron chi connectivity index (χ4n) is 2.69. The largest absolute Gasteiger partial charge is 0.298 e. The average Bonchev–Trinajstić information content (AvgIpc) is 3.12. The molecule has 0 atom stereocenters. The second-order valence-corrected chi connectivity index (χ2v) is 7.57. The highest BCUT2D eigenvalue weighted by atomic mass is 32.2. The Morgan fingerprint density at radius 1 is 1.11 bits per heavy atom. The first-order chi connectivity index (χ1) is 12.8. The highest BCUT2D eigenvalue weighted by Crippen LogP contribution is 2.28. The van der Waals surface area contributed by atoms with Gasteiger partial charge in [0.2, 0.25) is 15.9 Å². The molecule has 140 valence electrons. The highest BCUT2D eigenvalue weighted by Gasteiger charge is 2.18. The van der Waals surface area contributed by atoms with Crippen LogP contribution in [0.5, 0.6) is 0 Å². The van der Waals surface area contributed by atoms with Crippen LogP contribution in [-0.2, 0) is 14.8 Å². The Balaban J connectivity index is 2.13. The van der Waals surface area contributed by atoms with Crippen molar-refractivity contribution in [2.45, 2.75) is 18.2 Å². The lowest BCUT2D eigenvalue weighted by atomic mass is 10.1. The summed E-state index contributed by atoms with van der Waals surface area (Å²) < 4.78 is 24.6.